The number of rotatable bonds is 8. The molecule has 6 nitrogen and oxygen atoms in total. The highest BCUT2D eigenvalue weighted by molar-refractivity contribution is 5.64. The Morgan fingerprint density at radius 2 is 1.73 bits per heavy atom. The second kappa shape index (κ2) is 8.71. The predicted molar refractivity (Wildman–Crippen MR) is 103 cm³/mol. The summed E-state index contributed by atoms with van der Waals surface area (Å²) in [6, 6.07) is 17.4. The summed E-state index contributed by atoms with van der Waals surface area (Å²) >= 11 is 0. The van der Waals surface area contributed by atoms with Crippen LogP contribution >= 0.6 is 0 Å². The topological polar surface area (TPSA) is 68.3 Å². The molecule has 2 aromatic carbocycles. The number of hydrogen-bond donors (Lipinski definition) is 2. The molecular formula is C20H22N4O2. The van der Waals surface area contributed by atoms with Crippen LogP contribution in [0.5, 0.6) is 11.5 Å². The molecule has 0 saturated carbocycles. The van der Waals surface area contributed by atoms with Gasteiger partial charge in [0.2, 0.25) is 5.95 Å². The average molecular weight is 350 g/mol. The third kappa shape index (κ3) is 4.42. The van der Waals surface area contributed by atoms with E-state index in [9.17, 15) is 0 Å². The van der Waals surface area contributed by atoms with Crippen LogP contribution in [0.25, 0.3) is 0 Å². The van der Waals surface area contributed by atoms with Gasteiger partial charge in [-0.15, -0.1) is 0 Å². The molecule has 0 atom stereocenters. The number of hydrogen-bond acceptors (Lipinski definition) is 6. The molecule has 0 aliphatic carbocycles. The van der Waals surface area contributed by atoms with Gasteiger partial charge >= 0.3 is 0 Å². The Bertz CT molecular complexity index is 854. The molecule has 0 fully saturated rings. The quantitative estimate of drug-likeness (QED) is 0.633. The zero-order valence-electron chi connectivity index (χ0n) is 14.9. The fourth-order valence-corrected chi connectivity index (χ4v) is 2.53. The summed E-state index contributed by atoms with van der Waals surface area (Å²) in [5.74, 6) is 2.85. The van der Waals surface area contributed by atoms with Crippen molar-refractivity contribution >= 4 is 17.5 Å². The second-order valence-electron chi connectivity index (χ2n) is 5.49. The van der Waals surface area contributed by atoms with E-state index >= 15 is 0 Å². The lowest BCUT2D eigenvalue weighted by molar-refractivity contribution is 0.342. The third-order valence-electron chi connectivity index (χ3n) is 3.73. The molecular weight excluding hydrogens is 328 g/mol. The number of anilines is 3. The van der Waals surface area contributed by atoms with Crippen LogP contribution in [0, 0.1) is 0 Å². The van der Waals surface area contributed by atoms with Crippen molar-refractivity contribution in [3.05, 3.63) is 66.4 Å². The third-order valence-corrected chi connectivity index (χ3v) is 3.73. The number of nitrogens with one attached hydrogen (secondary N) is 2. The summed E-state index contributed by atoms with van der Waals surface area (Å²) in [6.45, 7) is 3.14. The Hall–Kier alpha value is -3.28. The first kappa shape index (κ1) is 17.5. The molecule has 0 spiro atoms. The van der Waals surface area contributed by atoms with Crippen LogP contribution in [0.15, 0.2) is 60.8 Å². The Labute approximate surface area is 153 Å². The average Bonchev–Trinajstić information content (AvgIpc) is 2.68. The Morgan fingerprint density at radius 1 is 0.962 bits per heavy atom. The molecule has 0 aliphatic heterocycles. The van der Waals surface area contributed by atoms with Crippen LogP contribution in [0.4, 0.5) is 17.5 Å². The summed E-state index contributed by atoms with van der Waals surface area (Å²) < 4.78 is 11.0. The molecule has 0 unspecified atom stereocenters. The number of ether oxygens (including phenoxy) is 2. The van der Waals surface area contributed by atoms with E-state index in [2.05, 4.69) is 20.6 Å². The second-order valence-corrected chi connectivity index (χ2v) is 5.49. The van der Waals surface area contributed by atoms with Gasteiger partial charge < -0.3 is 20.1 Å². The molecule has 1 aromatic heterocycles. The van der Waals surface area contributed by atoms with Crippen molar-refractivity contribution in [2.75, 3.05) is 24.4 Å². The fourth-order valence-electron chi connectivity index (χ4n) is 2.53. The molecule has 0 amide bonds. The smallest absolute Gasteiger partial charge is 0.224 e. The maximum Gasteiger partial charge on any atom is 0.224 e. The van der Waals surface area contributed by atoms with Gasteiger partial charge in [0, 0.05) is 18.3 Å². The first-order valence-corrected chi connectivity index (χ1v) is 8.48. The number of benzene rings is 2. The van der Waals surface area contributed by atoms with Crippen molar-refractivity contribution in [2.24, 2.45) is 0 Å². The Balaban J connectivity index is 1.71. The zero-order chi connectivity index (χ0) is 18.2. The first-order valence-electron chi connectivity index (χ1n) is 8.48. The lowest BCUT2D eigenvalue weighted by Gasteiger charge is -2.13. The maximum absolute atomic E-state index is 5.63. The highest BCUT2D eigenvalue weighted by Gasteiger charge is 2.06. The van der Waals surface area contributed by atoms with Crippen LogP contribution in [0.3, 0.4) is 0 Å². The number of aromatic nitrogens is 2. The van der Waals surface area contributed by atoms with Gasteiger partial charge in [0.05, 0.1) is 19.4 Å². The molecule has 2 N–H and O–H groups in total. The minimum atomic E-state index is 0.537. The van der Waals surface area contributed by atoms with Gasteiger partial charge in [0.1, 0.15) is 17.3 Å². The molecule has 0 aliphatic rings. The highest BCUT2D eigenvalue weighted by atomic mass is 16.5. The molecule has 0 bridgehead atoms. The summed E-state index contributed by atoms with van der Waals surface area (Å²) in [4.78, 5) is 8.79. The van der Waals surface area contributed by atoms with E-state index < -0.39 is 0 Å². The van der Waals surface area contributed by atoms with Gasteiger partial charge in [-0.3, -0.25) is 0 Å². The largest absolute Gasteiger partial charge is 0.496 e. The van der Waals surface area contributed by atoms with Crippen molar-refractivity contribution in [2.45, 2.75) is 13.5 Å². The molecule has 3 aromatic rings. The first-order chi connectivity index (χ1) is 12.8. The highest BCUT2D eigenvalue weighted by Crippen LogP contribution is 2.27. The van der Waals surface area contributed by atoms with E-state index in [1.807, 2.05) is 61.5 Å². The SMILES string of the molecule is CCOc1ccccc1Nc1ccnc(NCc2ccccc2OC)n1. The lowest BCUT2D eigenvalue weighted by atomic mass is 10.2. The molecule has 0 saturated heterocycles. The van der Waals surface area contributed by atoms with E-state index in [0.717, 1.165) is 22.7 Å². The summed E-state index contributed by atoms with van der Waals surface area (Å²) in [5.41, 5.74) is 1.90. The van der Waals surface area contributed by atoms with Crippen molar-refractivity contribution in [3.63, 3.8) is 0 Å². The zero-order valence-corrected chi connectivity index (χ0v) is 14.9. The molecule has 3 rings (SSSR count). The van der Waals surface area contributed by atoms with E-state index in [-0.39, 0.29) is 0 Å². The van der Waals surface area contributed by atoms with E-state index in [4.69, 9.17) is 9.47 Å². The fraction of sp³-hybridized carbons (Fsp3) is 0.200. The van der Waals surface area contributed by atoms with E-state index in [1.54, 1.807) is 13.3 Å². The van der Waals surface area contributed by atoms with Crippen LogP contribution in [-0.2, 0) is 6.54 Å². The van der Waals surface area contributed by atoms with Crippen molar-refractivity contribution < 1.29 is 9.47 Å². The van der Waals surface area contributed by atoms with Gasteiger partial charge in [-0.05, 0) is 31.2 Å². The van der Waals surface area contributed by atoms with Gasteiger partial charge in [-0.2, -0.15) is 4.98 Å². The van der Waals surface area contributed by atoms with Crippen molar-refractivity contribution in [1.29, 1.82) is 0 Å². The molecule has 1 heterocycles. The summed E-state index contributed by atoms with van der Waals surface area (Å²) in [6.07, 6.45) is 1.71. The number of para-hydroxylation sites is 3. The molecule has 0 radical (unpaired) electrons. The van der Waals surface area contributed by atoms with Crippen LogP contribution in [0.1, 0.15) is 12.5 Å². The number of nitrogens with zero attached hydrogens (tertiary/aromatic N) is 2. The Morgan fingerprint density at radius 3 is 2.54 bits per heavy atom. The van der Waals surface area contributed by atoms with Gasteiger partial charge in [-0.25, -0.2) is 4.98 Å². The van der Waals surface area contributed by atoms with E-state index in [0.29, 0.717) is 24.9 Å². The van der Waals surface area contributed by atoms with Gasteiger partial charge in [0.15, 0.2) is 0 Å². The summed E-state index contributed by atoms with van der Waals surface area (Å²) in [7, 11) is 1.66. The summed E-state index contributed by atoms with van der Waals surface area (Å²) in [5, 5.41) is 6.51. The van der Waals surface area contributed by atoms with Crippen LogP contribution < -0.4 is 20.1 Å². The van der Waals surface area contributed by atoms with Crippen molar-refractivity contribution in [1.82, 2.24) is 9.97 Å². The maximum atomic E-state index is 5.63. The molecule has 134 valence electrons. The van der Waals surface area contributed by atoms with Gasteiger partial charge in [0.25, 0.3) is 0 Å². The normalized spacial score (nSPS) is 10.2. The minimum Gasteiger partial charge on any atom is -0.496 e. The number of methoxy groups -OCH3 is 1. The monoisotopic (exact) mass is 350 g/mol. The standard InChI is InChI=1S/C20H22N4O2/c1-3-26-18-11-7-5-9-16(18)23-19-12-13-21-20(24-19)22-14-15-8-4-6-10-17(15)25-2/h4-13H,3,14H2,1-2H3,(H2,21,22,23,24). The lowest BCUT2D eigenvalue weighted by Crippen LogP contribution is -2.06. The van der Waals surface area contributed by atoms with Gasteiger partial charge in [-0.1, -0.05) is 30.3 Å². The Kier molecular flexibility index (Phi) is 5.88. The molecule has 6 heteroatoms. The predicted octanol–water partition coefficient (Wildman–Crippen LogP) is 4.24. The van der Waals surface area contributed by atoms with E-state index in [1.165, 1.54) is 0 Å². The van der Waals surface area contributed by atoms with Crippen LogP contribution in [-0.4, -0.2) is 23.7 Å². The van der Waals surface area contributed by atoms with Crippen molar-refractivity contribution in [3.8, 4) is 11.5 Å². The van der Waals surface area contributed by atoms with Crippen LogP contribution in [0.2, 0.25) is 0 Å². The molecule has 26 heavy (non-hydrogen) atoms. The minimum absolute atomic E-state index is 0.537.